The van der Waals surface area contributed by atoms with Gasteiger partial charge in [0.2, 0.25) is 0 Å². The number of carbonyl (C=O) groups excluding carboxylic acids is 1. The molecule has 5 nitrogen and oxygen atoms in total. The van der Waals surface area contributed by atoms with Crippen molar-refractivity contribution >= 4 is 34.2 Å². The Bertz CT molecular complexity index is 950. The second-order valence-electron chi connectivity index (χ2n) is 6.18. The summed E-state index contributed by atoms with van der Waals surface area (Å²) in [6, 6.07) is 11.5. The summed E-state index contributed by atoms with van der Waals surface area (Å²) in [6.45, 7) is 2.22. The van der Waals surface area contributed by atoms with Crippen LogP contribution in [0.1, 0.15) is 23.2 Å². The maximum absolute atomic E-state index is 11.7. The number of anilines is 1. The van der Waals surface area contributed by atoms with E-state index in [-0.39, 0.29) is 5.56 Å². The topological polar surface area (TPSA) is 72.1 Å². The third-order valence-corrected chi connectivity index (χ3v) is 4.73. The molecule has 2 N–H and O–H groups in total. The molecule has 4 rings (SSSR count). The van der Waals surface area contributed by atoms with E-state index in [9.17, 15) is 4.79 Å². The lowest BCUT2D eigenvalue weighted by Crippen LogP contribution is -2.17. The van der Waals surface area contributed by atoms with Crippen molar-refractivity contribution in [2.45, 2.75) is 12.8 Å². The van der Waals surface area contributed by atoms with Crippen LogP contribution in [-0.4, -0.2) is 29.0 Å². The Balaban J connectivity index is 1.75. The van der Waals surface area contributed by atoms with Gasteiger partial charge in [-0.1, -0.05) is 23.7 Å². The summed E-state index contributed by atoms with van der Waals surface area (Å²) in [7, 11) is 0. The third-order valence-electron chi connectivity index (χ3n) is 4.51. The van der Waals surface area contributed by atoms with Gasteiger partial charge >= 0.3 is 0 Å². The van der Waals surface area contributed by atoms with Crippen molar-refractivity contribution in [2.75, 3.05) is 18.0 Å². The molecular formula is C19H17ClN4O. The van der Waals surface area contributed by atoms with E-state index in [4.69, 9.17) is 17.3 Å². The average Bonchev–Trinajstić information content (AvgIpc) is 3.15. The lowest BCUT2D eigenvalue weighted by molar-refractivity contribution is 0.100. The Hall–Kier alpha value is -2.66. The summed E-state index contributed by atoms with van der Waals surface area (Å²) < 4.78 is 0. The van der Waals surface area contributed by atoms with Crippen LogP contribution in [-0.2, 0) is 0 Å². The average molecular weight is 353 g/mol. The summed E-state index contributed by atoms with van der Waals surface area (Å²) in [5.74, 6) is -0.566. The Labute approximate surface area is 150 Å². The number of hydrogen-bond acceptors (Lipinski definition) is 4. The minimum Gasteiger partial charge on any atom is -0.372 e. The number of hydrogen-bond donors (Lipinski definition) is 1. The Kier molecular flexibility index (Phi) is 4.01. The van der Waals surface area contributed by atoms with E-state index in [1.165, 1.54) is 24.6 Å². The standard InChI is InChI=1S/C19H17ClN4O/c20-13-9-15(19(21)25)18-16(10-13)22-11-17(23-18)12-3-5-14(6-4-12)24-7-1-2-8-24/h3-6,9-11H,1-2,7-8H2,(H2,21,25). The van der Waals surface area contributed by atoms with E-state index >= 15 is 0 Å². The largest absolute Gasteiger partial charge is 0.372 e. The highest BCUT2D eigenvalue weighted by Gasteiger charge is 2.14. The molecule has 3 aromatic rings. The lowest BCUT2D eigenvalue weighted by atomic mass is 10.1. The fraction of sp³-hybridized carbons (Fsp3) is 0.211. The van der Waals surface area contributed by atoms with Gasteiger partial charge in [0.25, 0.3) is 5.91 Å². The quantitative estimate of drug-likeness (QED) is 0.781. The van der Waals surface area contributed by atoms with Crippen LogP contribution in [0, 0.1) is 0 Å². The number of primary amides is 1. The Morgan fingerprint density at radius 2 is 1.84 bits per heavy atom. The highest BCUT2D eigenvalue weighted by atomic mass is 35.5. The van der Waals surface area contributed by atoms with Crippen molar-refractivity contribution in [1.82, 2.24) is 9.97 Å². The van der Waals surface area contributed by atoms with E-state index in [0.717, 1.165) is 18.7 Å². The molecule has 1 fully saturated rings. The van der Waals surface area contributed by atoms with Gasteiger partial charge in [-0.2, -0.15) is 0 Å². The molecule has 25 heavy (non-hydrogen) atoms. The molecule has 0 bridgehead atoms. The number of nitrogens with zero attached hydrogens (tertiary/aromatic N) is 3. The zero-order valence-electron chi connectivity index (χ0n) is 13.6. The van der Waals surface area contributed by atoms with Crippen molar-refractivity contribution in [3.05, 3.63) is 53.2 Å². The molecule has 6 heteroatoms. The van der Waals surface area contributed by atoms with Crippen molar-refractivity contribution in [1.29, 1.82) is 0 Å². The zero-order valence-corrected chi connectivity index (χ0v) is 14.3. The summed E-state index contributed by atoms with van der Waals surface area (Å²) in [6.07, 6.45) is 4.18. The first-order chi connectivity index (χ1) is 12.1. The van der Waals surface area contributed by atoms with Crippen molar-refractivity contribution in [3.8, 4) is 11.3 Å². The molecule has 0 unspecified atom stereocenters. The van der Waals surface area contributed by atoms with Crippen LogP contribution in [0.25, 0.3) is 22.3 Å². The van der Waals surface area contributed by atoms with Gasteiger partial charge in [0.15, 0.2) is 0 Å². The first-order valence-corrected chi connectivity index (χ1v) is 8.61. The molecule has 1 saturated heterocycles. The van der Waals surface area contributed by atoms with Crippen LogP contribution >= 0.6 is 11.6 Å². The van der Waals surface area contributed by atoms with Crippen molar-refractivity contribution in [3.63, 3.8) is 0 Å². The maximum atomic E-state index is 11.7. The monoisotopic (exact) mass is 352 g/mol. The van der Waals surface area contributed by atoms with Crippen LogP contribution in [0.2, 0.25) is 5.02 Å². The molecule has 0 atom stereocenters. The number of fused-ring (bicyclic) bond motifs is 1. The molecular weight excluding hydrogens is 336 g/mol. The SMILES string of the molecule is NC(=O)c1cc(Cl)cc2ncc(-c3ccc(N4CCCC4)cc3)nc12. The number of rotatable bonds is 3. The van der Waals surface area contributed by atoms with Gasteiger partial charge in [-0.05, 0) is 37.1 Å². The molecule has 126 valence electrons. The lowest BCUT2D eigenvalue weighted by Gasteiger charge is -2.17. The van der Waals surface area contributed by atoms with E-state index in [1.54, 1.807) is 12.3 Å². The van der Waals surface area contributed by atoms with Crippen LogP contribution in [0.3, 0.4) is 0 Å². The molecule has 2 aromatic carbocycles. The summed E-state index contributed by atoms with van der Waals surface area (Å²) in [5, 5.41) is 0.415. The number of benzene rings is 2. The number of halogens is 1. The van der Waals surface area contributed by atoms with E-state index in [2.05, 4.69) is 27.0 Å². The van der Waals surface area contributed by atoms with Crippen molar-refractivity contribution in [2.24, 2.45) is 5.73 Å². The fourth-order valence-electron chi connectivity index (χ4n) is 3.23. The first kappa shape index (κ1) is 15.8. The van der Waals surface area contributed by atoms with Crippen LogP contribution in [0.4, 0.5) is 5.69 Å². The second kappa shape index (κ2) is 6.33. The number of carbonyl (C=O) groups is 1. The minimum atomic E-state index is -0.566. The van der Waals surface area contributed by atoms with Gasteiger partial charge in [0.1, 0.15) is 5.52 Å². The number of amides is 1. The Morgan fingerprint density at radius 3 is 2.52 bits per heavy atom. The third kappa shape index (κ3) is 3.03. The van der Waals surface area contributed by atoms with Gasteiger partial charge in [-0.15, -0.1) is 0 Å². The first-order valence-electron chi connectivity index (χ1n) is 8.23. The van der Waals surface area contributed by atoms with Gasteiger partial charge in [0.05, 0.1) is 23.0 Å². The molecule has 1 aliphatic rings. The van der Waals surface area contributed by atoms with E-state index < -0.39 is 5.91 Å². The molecule has 0 saturated carbocycles. The Morgan fingerprint density at radius 1 is 1.12 bits per heavy atom. The second-order valence-corrected chi connectivity index (χ2v) is 6.62. The van der Waals surface area contributed by atoms with Crippen LogP contribution in [0.15, 0.2) is 42.6 Å². The molecule has 0 aliphatic carbocycles. The summed E-state index contributed by atoms with van der Waals surface area (Å²) in [4.78, 5) is 23.1. The van der Waals surface area contributed by atoms with E-state index in [1.807, 2.05) is 12.1 Å². The minimum absolute atomic E-state index is 0.283. The van der Waals surface area contributed by atoms with Crippen LogP contribution in [0.5, 0.6) is 0 Å². The molecule has 0 radical (unpaired) electrons. The predicted molar refractivity (Wildman–Crippen MR) is 99.9 cm³/mol. The zero-order chi connectivity index (χ0) is 17.4. The highest BCUT2D eigenvalue weighted by molar-refractivity contribution is 6.32. The normalized spacial score (nSPS) is 14.2. The molecule has 2 heterocycles. The predicted octanol–water partition coefficient (Wildman–Crippen LogP) is 3.65. The van der Waals surface area contributed by atoms with Gasteiger partial charge in [-0.3, -0.25) is 9.78 Å². The molecule has 1 aliphatic heterocycles. The maximum Gasteiger partial charge on any atom is 0.251 e. The molecule has 1 amide bonds. The number of aromatic nitrogens is 2. The molecule has 1 aromatic heterocycles. The fourth-order valence-corrected chi connectivity index (χ4v) is 3.44. The summed E-state index contributed by atoms with van der Waals surface area (Å²) in [5.41, 5.74) is 9.63. The van der Waals surface area contributed by atoms with Gasteiger partial charge < -0.3 is 10.6 Å². The van der Waals surface area contributed by atoms with Crippen molar-refractivity contribution < 1.29 is 4.79 Å². The highest BCUT2D eigenvalue weighted by Crippen LogP contribution is 2.27. The smallest absolute Gasteiger partial charge is 0.251 e. The number of nitrogens with two attached hydrogens (primary N) is 1. The van der Waals surface area contributed by atoms with Gasteiger partial charge in [-0.25, -0.2) is 4.98 Å². The summed E-state index contributed by atoms with van der Waals surface area (Å²) >= 11 is 6.02. The van der Waals surface area contributed by atoms with Crippen LogP contribution < -0.4 is 10.6 Å². The van der Waals surface area contributed by atoms with E-state index in [0.29, 0.717) is 21.7 Å². The van der Waals surface area contributed by atoms with Gasteiger partial charge in [0, 0.05) is 29.4 Å². The molecule has 0 spiro atoms.